The normalized spacial score (nSPS) is 13.0. The molecule has 320 valence electrons. The molecule has 0 saturated carbocycles. The molecule has 1 aliphatic carbocycles. The fourth-order valence-electron chi connectivity index (χ4n) is 11.7. The van der Waals surface area contributed by atoms with Gasteiger partial charge in [-0.3, -0.25) is 0 Å². The van der Waals surface area contributed by atoms with Crippen molar-refractivity contribution < 1.29 is 4.42 Å². The van der Waals surface area contributed by atoms with E-state index >= 15 is 0 Å². The molecule has 69 heavy (non-hydrogen) atoms. The quantitative estimate of drug-likeness (QED) is 0.177. The van der Waals surface area contributed by atoms with E-state index in [0.717, 1.165) is 88.4 Å². The molecule has 0 unspecified atom stereocenters. The molecule has 13 aromatic rings. The average Bonchev–Trinajstić information content (AvgIpc) is 4.08. The lowest BCUT2D eigenvalue weighted by atomic mass is 9.67. The molecule has 5 nitrogen and oxygen atoms in total. The van der Waals surface area contributed by atoms with Crippen molar-refractivity contribution >= 4 is 43.7 Å². The van der Waals surface area contributed by atoms with Gasteiger partial charge in [0.1, 0.15) is 5.58 Å². The van der Waals surface area contributed by atoms with Gasteiger partial charge in [-0.25, -0.2) is 15.0 Å². The Balaban J connectivity index is 1.02. The SMILES string of the molecule is c1ccc(C2(c3ccccc3)c3ccc4cc3-c3c(cccc32)-c2nc(nc(-c3cccc(-n5c6ccccc6c6ccc7c8ccccc8oc7c65)c3)n2)-c2cccc(c2)-c2ccccc2-4)cc1. The number of rotatable bonds is 4. The third-order valence-electron chi connectivity index (χ3n) is 14.7. The van der Waals surface area contributed by atoms with Crippen molar-refractivity contribution in [1.82, 2.24) is 19.5 Å². The van der Waals surface area contributed by atoms with Crippen molar-refractivity contribution in [2.45, 2.75) is 5.41 Å². The van der Waals surface area contributed by atoms with Gasteiger partial charge in [0.25, 0.3) is 0 Å². The molecule has 6 bridgehead atoms. The first-order valence-corrected chi connectivity index (χ1v) is 23.5. The number of benzene rings is 10. The molecule has 0 fully saturated rings. The number of furan rings is 1. The highest BCUT2D eigenvalue weighted by molar-refractivity contribution is 6.21. The summed E-state index contributed by atoms with van der Waals surface area (Å²) in [6.45, 7) is 0. The molecule has 0 amide bonds. The van der Waals surface area contributed by atoms with Crippen molar-refractivity contribution in [2.24, 2.45) is 0 Å². The van der Waals surface area contributed by atoms with Gasteiger partial charge in [-0.1, -0.05) is 188 Å². The van der Waals surface area contributed by atoms with Crippen LogP contribution in [0.2, 0.25) is 0 Å². The summed E-state index contributed by atoms with van der Waals surface area (Å²) in [5.41, 5.74) is 18.7. The second kappa shape index (κ2) is 14.4. The van der Waals surface area contributed by atoms with Gasteiger partial charge in [-0.2, -0.15) is 0 Å². The first kappa shape index (κ1) is 38.0. The summed E-state index contributed by atoms with van der Waals surface area (Å²) in [6.07, 6.45) is 0. The Hall–Kier alpha value is -9.19. The average molecular weight is 879 g/mol. The number of nitrogens with zero attached hydrogens (tertiary/aromatic N) is 4. The van der Waals surface area contributed by atoms with E-state index in [4.69, 9.17) is 19.4 Å². The van der Waals surface area contributed by atoms with E-state index in [0.29, 0.717) is 17.5 Å². The summed E-state index contributed by atoms with van der Waals surface area (Å²) in [5, 5.41) is 4.48. The highest BCUT2D eigenvalue weighted by Gasteiger charge is 2.47. The lowest BCUT2D eigenvalue weighted by Crippen LogP contribution is -2.28. The van der Waals surface area contributed by atoms with E-state index in [1.807, 2.05) is 12.1 Å². The zero-order valence-corrected chi connectivity index (χ0v) is 37.1. The predicted octanol–water partition coefficient (Wildman–Crippen LogP) is 15.9. The molecule has 1 aliphatic heterocycles. The monoisotopic (exact) mass is 878 g/mol. The second-order valence-corrected chi connectivity index (χ2v) is 18.2. The van der Waals surface area contributed by atoms with Gasteiger partial charge in [-0.15, -0.1) is 0 Å². The summed E-state index contributed by atoms with van der Waals surface area (Å²) in [5.74, 6) is 1.82. The molecule has 3 aromatic heterocycles. The molecule has 0 spiro atoms. The van der Waals surface area contributed by atoms with E-state index in [-0.39, 0.29) is 0 Å². The van der Waals surface area contributed by atoms with Gasteiger partial charge in [0, 0.05) is 43.9 Å². The molecule has 0 radical (unpaired) electrons. The molecule has 2 aliphatic rings. The summed E-state index contributed by atoms with van der Waals surface area (Å²) in [4.78, 5) is 16.4. The van der Waals surface area contributed by atoms with Crippen LogP contribution in [0.4, 0.5) is 0 Å². The molecule has 15 rings (SSSR count). The fourth-order valence-corrected chi connectivity index (χ4v) is 11.7. The van der Waals surface area contributed by atoms with Gasteiger partial charge in [0.05, 0.1) is 16.4 Å². The zero-order chi connectivity index (χ0) is 45.2. The lowest BCUT2D eigenvalue weighted by molar-refractivity contribution is 0.671. The smallest absolute Gasteiger partial charge is 0.164 e. The predicted molar refractivity (Wildman–Crippen MR) is 279 cm³/mol. The largest absolute Gasteiger partial charge is 0.454 e. The minimum absolute atomic E-state index is 0.592. The van der Waals surface area contributed by atoms with Crippen molar-refractivity contribution in [3.8, 4) is 73.2 Å². The maximum absolute atomic E-state index is 6.73. The van der Waals surface area contributed by atoms with Gasteiger partial charge >= 0.3 is 0 Å². The molecule has 10 aromatic carbocycles. The summed E-state index contributed by atoms with van der Waals surface area (Å²) >= 11 is 0. The number of para-hydroxylation sites is 2. The molecular weight excluding hydrogens is 841 g/mol. The van der Waals surface area contributed by atoms with Gasteiger partial charge in [-0.05, 0) is 98.1 Å². The van der Waals surface area contributed by atoms with Crippen LogP contribution in [0.1, 0.15) is 22.3 Å². The van der Waals surface area contributed by atoms with E-state index in [9.17, 15) is 0 Å². The Labute approximate surface area is 397 Å². The van der Waals surface area contributed by atoms with Crippen LogP contribution in [-0.4, -0.2) is 19.5 Å². The van der Waals surface area contributed by atoms with Crippen molar-refractivity contribution in [2.75, 3.05) is 0 Å². The van der Waals surface area contributed by atoms with Crippen LogP contribution < -0.4 is 0 Å². The van der Waals surface area contributed by atoms with Gasteiger partial charge in [0.2, 0.25) is 0 Å². The Morgan fingerprint density at radius 3 is 1.74 bits per heavy atom. The molecule has 0 N–H and O–H groups in total. The lowest BCUT2D eigenvalue weighted by Gasteiger charge is -2.34. The maximum atomic E-state index is 6.73. The minimum atomic E-state index is -0.608. The van der Waals surface area contributed by atoms with Crippen LogP contribution in [-0.2, 0) is 5.41 Å². The van der Waals surface area contributed by atoms with Gasteiger partial charge < -0.3 is 8.98 Å². The minimum Gasteiger partial charge on any atom is -0.454 e. The van der Waals surface area contributed by atoms with Crippen LogP contribution in [0.25, 0.3) is 117 Å². The van der Waals surface area contributed by atoms with E-state index in [2.05, 4.69) is 223 Å². The third-order valence-corrected chi connectivity index (χ3v) is 14.7. The molecule has 5 heteroatoms. The first-order chi connectivity index (χ1) is 34.2. The zero-order valence-electron chi connectivity index (χ0n) is 37.1. The van der Waals surface area contributed by atoms with Crippen LogP contribution in [0.3, 0.4) is 0 Å². The van der Waals surface area contributed by atoms with Crippen LogP contribution in [0.15, 0.2) is 235 Å². The summed E-state index contributed by atoms with van der Waals surface area (Å²) in [6, 6.07) is 83.0. The Morgan fingerprint density at radius 1 is 0.362 bits per heavy atom. The summed E-state index contributed by atoms with van der Waals surface area (Å²) < 4.78 is 9.06. The van der Waals surface area contributed by atoms with Crippen molar-refractivity contribution in [1.29, 1.82) is 0 Å². The number of aromatic nitrogens is 4. The van der Waals surface area contributed by atoms with E-state index in [1.54, 1.807) is 0 Å². The van der Waals surface area contributed by atoms with Crippen molar-refractivity contribution in [3.05, 3.63) is 253 Å². The summed E-state index contributed by atoms with van der Waals surface area (Å²) in [7, 11) is 0. The topological polar surface area (TPSA) is 56.7 Å². The Kier molecular flexibility index (Phi) is 7.93. The number of hydrogen-bond acceptors (Lipinski definition) is 4. The molecular formula is C64H38N4O. The van der Waals surface area contributed by atoms with Crippen molar-refractivity contribution in [3.63, 3.8) is 0 Å². The number of hydrogen-bond donors (Lipinski definition) is 0. The second-order valence-electron chi connectivity index (χ2n) is 18.2. The molecule has 0 atom stereocenters. The Morgan fingerprint density at radius 2 is 0.957 bits per heavy atom. The highest BCUT2D eigenvalue weighted by Crippen LogP contribution is 2.59. The standard InChI is InChI=1S/C64H38N4O/c1-3-19-43(20-4-1)64(44-21-5-2-6-22-44)54-35-32-40-38-53(54)58-52(28-15-29-55(58)64)63-66-61(41-17-13-16-39(36-41)46-24-7-8-25-47(40)46)65-62(67-63)42-18-14-23-45(37-42)68-56-30-11-9-26-48(56)50-33-34-51-49-27-10-12-31-57(49)69-60(51)59(50)68/h1-38H. The first-order valence-electron chi connectivity index (χ1n) is 23.5. The number of fused-ring (bicyclic) bond motifs is 17. The van der Waals surface area contributed by atoms with E-state index < -0.39 is 5.41 Å². The third kappa shape index (κ3) is 5.38. The fraction of sp³-hybridized carbons (Fsp3) is 0.0156. The molecule has 4 heterocycles. The van der Waals surface area contributed by atoms with E-state index in [1.165, 1.54) is 33.4 Å². The van der Waals surface area contributed by atoms with Crippen LogP contribution >= 0.6 is 0 Å². The van der Waals surface area contributed by atoms with Gasteiger partial charge in [0.15, 0.2) is 23.1 Å². The Bertz CT molecular complexity index is 4220. The van der Waals surface area contributed by atoms with Crippen LogP contribution in [0.5, 0.6) is 0 Å². The highest BCUT2D eigenvalue weighted by atomic mass is 16.3. The maximum Gasteiger partial charge on any atom is 0.164 e. The molecule has 0 saturated heterocycles. The van der Waals surface area contributed by atoms with Crippen LogP contribution in [0, 0.1) is 0 Å².